The monoisotopic (exact) mass is 309 g/mol. The van der Waals surface area contributed by atoms with Gasteiger partial charge in [-0.2, -0.15) is 0 Å². The van der Waals surface area contributed by atoms with Gasteiger partial charge in [-0.25, -0.2) is 0 Å². The molecular weight excluding hydrogens is 286 g/mol. The van der Waals surface area contributed by atoms with Gasteiger partial charge in [-0.05, 0) is 37.5 Å². The highest BCUT2D eigenvalue weighted by molar-refractivity contribution is 6.33. The van der Waals surface area contributed by atoms with Crippen molar-refractivity contribution in [2.24, 2.45) is 0 Å². The Morgan fingerprint density at radius 1 is 1.38 bits per heavy atom. The Kier molecular flexibility index (Phi) is 5.48. The minimum Gasteiger partial charge on any atom is -0.361 e. The fourth-order valence-corrected chi connectivity index (χ4v) is 2.46. The van der Waals surface area contributed by atoms with E-state index < -0.39 is 0 Å². The average molecular weight is 310 g/mol. The molecule has 2 rings (SSSR count). The van der Waals surface area contributed by atoms with Crippen LogP contribution in [0.4, 0.5) is 5.69 Å². The molecule has 0 spiro atoms. The van der Waals surface area contributed by atoms with E-state index in [1.165, 1.54) is 18.4 Å². The van der Waals surface area contributed by atoms with Gasteiger partial charge in [0.2, 0.25) is 5.91 Å². The van der Waals surface area contributed by atoms with E-state index in [4.69, 9.17) is 11.6 Å². The molecule has 21 heavy (non-hydrogen) atoms. The lowest BCUT2D eigenvalue weighted by atomic mass is 10.2. The number of hydrogen-bond donors (Lipinski definition) is 1. The number of benzene rings is 1. The molecule has 5 heteroatoms. The highest BCUT2D eigenvalue weighted by Gasteiger charge is 2.20. The Morgan fingerprint density at radius 3 is 2.62 bits per heavy atom. The molecule has 0 atom stereocenters. The summed E-state index contributed by atoms with van der Waals surface area (Å²) in [4.78, 5) is 15.5. The van der Waals surface area contributed by atoms with E-state index in [2.05, 4.69) is 11.4 Å². The number of hydrogen-bond acceptors (Lipinski definition) is 3. The molecule has 1 fully saturated rings. The number of carbonyl (C=O) groups excluding carboxylic acids is 1. The zero-order valence-corrected chi connectivity index (χ0v) is 13.8. The Balaban J connectivity index is 2.04. The summed E-state index contributed by atoms with van der Waals surface area (Å²) in [5.41, 5.74) is 2.11. The standard InChI is InChI=1S/C16H24ClN3O/c1-4-20(11-16(21)19(2)3)15-8-5-12(9-14(15)17)10-18-13-6-7-13/h5,8-9,13,18H,4,6-7,10-11H2,1-3H3. The van der Waals surface area contributed by atoms with Crippen molar-refractivity contribution in [1.29, 1.82) is 0 Å². The molecule has 0 heterocycles. The molecule has 1 aliphatic carbocycles. The van der Waals surface area contributed by atoms with Gasteiger partial charge in [0.25, 0.3) is 0 Å². The average Bonchev–Trinajstić information content (AvgIpc) is 3.27. The van der Waals surface area contributed by atoms with Crippen LogP contribution in [0.2, 0.25) is 5.02 Å². The second kappa shape index (κ2) is 7.14. The summed E-state index contributed by atoms with van der Waals surface area (Å²) in [5, 5.41) is 4.18. The van der Waals surface area contributed by atoms with Gasteiger partial charge in [-0.3, -0.25) is 4.79 Å². The molecule has 116 valence electrons. The molecule has 1 aliphatic rings. The normalized spacial score (nSPS) is 14.1. The first-order valence-electron chi connectivity index (χ1n) is 7.48. The molecule has 0 unspecified atom stereocenters. The summed E-state index contributed by atoms with van der Waals surface area (Å²) >= 11 is 6.40. The number of anilines is 1. The van der Waals surface area contributed by atoms with Gasteiger partial charge in [0.1, 0.15) is 0 Å². The predicted molar refractivity (Wildman–Crippen MR) is 87.9 cm³/mol. The van der Waals surface area contributed by atoms with Crippen LogP contribution in [-0.2, 0) is 11.3 Å². The number of nitrogens with zero attached hydrogens (tertiary/aromatic N) is 2. The van der Waals surface area contributed by atoms with Gasteiger partial charge >= 0.3 is 0 Å². The van der Waals surface area contributed by atoms with Crippen LogP contribution in [0.25, 0.3) is 0 Å². The minimum absolute atomic E-state index is 0.0763. The number of carbonyl (C=O) groups is 1. The maximum absolute atomic E-state index is 11.9. The van der Waals surface area contributed by atoms with Crippen molar-refractivity contribution in [3.05, 3.63) is 28.8 Å². The molecular formula is C16H24ClN3O. The molecule has 1 amide bonds. The van der Waals surface area contributed by atoms with Gasteiger partial charge in [-0.1, -0.05) is 17.7 Å². The van der Waals surface area contributed by atoms with Crippen molar-refractivity contribution in [1.82, 2.24) is 10.2 Å². The van der Waals surface area contributed by atoms with E-state index in [0.29, 0.717) is 17.6 Å². The Labute approximate surface area is 132 Å². The quantitative estimate of drug-likeness (QED) is 0.840. The van der Waals surface area contributed by atoms with Gasteiger partial charge in [-0.15, -0.1) is 0 Å². The third-order valence-corrected chi connectivity index (χ3v) is 4.03. The topological polar surface area (TPSA) is 35.6 Å². The van der Waals surface area contributed by atoms with Crippen molar-refractivity contribution in [3.8, 4) is 0 Å². The fraction of sp³-hybridized carbons (Fsp3) is 0.562. The zero-order valence-electron chi connectivity index (χ0n) is 13.0. The van der Waals surface area contributed by atoms with Crippen LogP contribution in [-0.4, -0.2) is 44.0 Å². The van der Waals surface area contributed by atoms with E-state index >= 15 is 0 Å². The maximum atomic E-state index is 11.9. The second-order valence-corrected chi connectivity index (χ2v) is 6.15. The molecule has 1 aromatic carbocycles. The van der Waals surface area contributed by atoms with Crippen molar-refractivity contribution >= 4 is 23.2 Å². The largest absolute Gasteiger partial charge is 0.361 e. The second-order valence-electron chi connectivity index (χ2n) is 5.74. The van der Waals surface area contributed by atoms with Crippen LogP contribution in [0.1, 0.15) is 25.3 Å². The summed E-state index contributed by atoms with van der Waals surface area (Å²) in [6, 6.07) is 6.78. The van der Waals surface area contributed by atoms with Gasteiger partial charge in [0.05, 0.1) is 17.3 Å². The number of halogens is 1. The van der Waals surface area contributed by atoms with E-state index in [9.17, 15) is 4.79 Å². The first-order chi connectivity index (χ1) is 10.0. The minimum atomic E-state index is 0.0763. The predicted octanol–water partition coefficient (Wildman–Crippen LogP) is 2.51. The maximum Gasteiger partial charge on any atom is 0.241 e. The lowest BCUT2D eigenvalue weighted by molar-refractivity contribution is -0.127. The van der Waals surface area contributed by atoms with Crippen molar-refractivity contribution in [2.75, 3.05) is 32.1 Å². The third-order valence-electron chi connectivity index (χ3n) is 3.73. The third kappa shape index (κ3) is 4.61. The summed E-state index contributed by atoms with van der Waals surface area (Å²) in [6.45, 7) is 3.98. The number of likely N-dealkylation sites (N-methyl/N-ethyl adjacent to an activating group) is 2. The van der Waals surface area contributed by atoms with Crippen LogP contribution in [0.3, 0.4) is 0 Å². The lowest BCUT2D eigenvalue weighted by Crippen LogP contribution is -2.36. The Hall–Kier alpha value is -1.26. The van der Waals surface area contributed by atoms with Crippen LogP contribution in [0.5, 0.6) is 0 Å². The summed E-state index contributed by atoms with van der Waals surface area (Å²) in [7, 11) is 3.54. The molecule has 0 aliphatic heterocycles. The first kappa shape index (κ1) is 16.1. The molecule has 1 saturated carbocycles. The van der Waals surface area contributed by atoms with Gasteiger partial charge < -0.3 is 15.1 Å². The summed E-state index contributed by atoms with van der Waals surface area (Å²) in [6.07, 6.45) is 2.56. The molecule has 1 N–H and O–H groups in total. The molecule has 4 nitrogen and oxygen atoms in total. The smallest absolute Gasteiger partial charge is 0.241 e. The van der Waals surface area contributed by atoms with Crippen LogP contribution in [0, 0.1) is 0 Å². The lowest BCUT2D eigenvalue weighted by Gasteiger charge is -2.25. The molecule has 1 aromatic rings. The summed E-state index contributed by atoms with van der Waals surface area (Å²) < 4.78 is 0. The first-order valence-corrected chi connectivity index (χ1v) is 7.86. The molecule has 0 aromatic heterocycles. The van der Waals surface area contributed by atoms with Gasteiger partial charge in [0.15, 0.2) is 0 Å². The molecule has 0 radical (unpaired) electrons. The van der Waals surface area contributed by atoms with E-state index in [1.54, 1.807) is 19.0 Å². The highest BCUT2D eigenvalue weighted by atomic mass is 35.5. The highest BCUT2D eigenvalue weighted by Crippen LogP contribution is 2.27. The summed E-state index contributed by atoms with van der Waals surface area (Å²) in [5.74, 6) is 0.0763. The number of amides is 1. The van der Waals surface area contributed by atoms with Crippen molar-refractivity contribution < 1.29 is 4.79 Å². The fourth-order valence-electron chi connectivity index (χ4n) is 2.14. The van der Waals surface area contributed by atoms with Crippen molar-refractivity contribution in [2.45, 2.75) is 32.4 Å². The van der Waals surface area contributed by atoms with Crippen LogP contribution in [0.15, 0.2) is 18.2 Å². The van der Waals surface area contributed by atoms with E-state index in [-0.39, 0.29) is 5.91 Å². The Bertz CT molecular complexity index is 500. The zero-order chi connectivity index (χ0) is 15.4. The number of nitrogens with one attached hydrogen (secondary N) is 1. The number of rotatable bonds is 7. The van der Waals surface area contributed by atoms with E-state index in [1.807, 2.05) is 24.0 Å². The van der Waals surface area contributed by atoms with Gasteiger partial charge in [0, 0.05) is 33.2 Å². The Morgan fingerprint density at radius 2 is 2.10 bits per heavy atom. The van der Waals surface area contributed by atoms with Crippen LogP contribution >= 0.6 is 11.6 Å². The van der Waals surface area contributed by atoms with Crippen LogP contribution < -0.4 is 10.2 Å². The SMILES string of the molecule is CCN(CC(=O)N(C)C)c1ccc(CNC2CC2)cc1Cl. The van der Waals surface area contributed by atoms with Crippen molar-refractivity contribution in [3.63, 3.8) is 0 Å². The molecule has 0 bridgehead atoms. The molecule has 0 saturated heterocycles. The van der Waals surface area contributed by atoms with E-state index in [0.717, 1.165) is 18.8 Å².